The molecule has 0 saturated carbocycles. The van der Waals surface area contributed by atoms with E-state index < -0.39 is 0 Å². The Morgan fingerprint density at radius 2 is 2.24 bits per heavy atom. The van der Waals surface area contributed by atoms with E-state index >= 15 is 0 Å². The van der Waals surface area contributed by atoms with Crippen molar-refractivity contribution < 1.29 is 4.74 Å². The molecule has 0 aliphatic carbocycles. The fourth-order valence-corrected chi connectivity index (χ4v) is 2.24. The van der Waals surface area contributed by atoms with Crippen molar-refractivity contribution in [2.45, 2.75) is 25.9 Å². The number of nitrogens with two attached hydrogens (primary N) is 1. The fraction of sp³-hybridized carbons (Fsp3) is 0.615. The van der Waals surface area contributed by atoms with Crippen LogP contribution in [0.1, 0.15) is 18.5 Å². The van der Waals surface area contributed by atoms with E-state index in [-0.39, 0.29) is 0 Å². The second kappa shape index (κ2) is 5.98. The van der Waals surface area contributed by atoms with Crippen LogP contribution in [0, 0.1) is 6.92 Å². The zero-order valence-corrected chi connectivity index (χ0v) is 10.4. The molecular weight excluding hydrogens is 214 g/mol. The number of hydrogen-bond donors (Lipinski definition) is 1. The number of nitrogens with zero attached hydrogens (tertiary/aromatic N) is 2. The van der Waals surface area contributed by atoms with Gasteiger partial charge in [-0.15, -0.1) is 0 Å². The van der Waals surface area contributed by atoms with Gasteiger partial charge in [-0.1, -0.05) is 0 Å². The maximum absolute atomic E-state index is 5.68. The highest BCUT2D eigenvalue weighted by atomic mass is 16.5. The Morgan fingerprint density at radius 1 is 1.47 bits per heavy atom. The highest BCUT2D eigenvalue weighted by Crippen LogP contribution is 2.21. The van der Waals surface area contributed by atoms with E-state index in [2.05, 4.69) is 22.0 Å². The van der Waals surface area contributed by atoms with Crippen LogP contribution in [0.15, 0.2) is 18.3 Å². The first kappa shape index (κ1) is 12.3. The van der Waals surface area contributed by atoms with Crippen molar-refractivity contribution >= 4 is 5.69 Å². The second-order valence-electron chi connectivity index (χ2n) is 4.50. The zero-order chi connectivity index (χ0) is 12.1. The van der Waals surface area contributed by atoms with Gasteiger partial charge in [0.15, 0.2) is 0 Å². The first-order valence-corrected chi connectivity index (χ1v) is 6.29. The lowest BCUT2D eigenvalue weighted by Crippen LogP contribution is -2.37. The molecule has 17 heavy (non-hydrogen) atoms. The molecule has 0 unspecified atom stereocenters. The van der Waals surface area contributed by atoms with Crippen LogP contribution in [-0.4, -0.2) is 37.3 Å². The summed E-state index contributed by atoms with van der Waals surface area (Å²) in [5.41, 5.74) is 7.78. The lowest BCUT2D eigenvalue weighted by Gasteiger charge is -2.33. The third kappa shape index (κ3) is 3.41. The van der Waals surface area contributed by atoms with Crippen molar-refractivity contribution in [1.29, 1.82) is 0 Å². The molecule has 2 heterocycles. The molecule has 1 fully saturated rings. The molecule has 1 aromatic rings. The van der Waals surface area contributed by atoms with Crippen molar-refractivity contribution in [2.75, 3.05) is 31.1 Å². The van der Waals surface area contributed by atoms with E-state index in [0.717, 1.165) is 31.6 Å². The first-order valence-electron chi connectivity index (χ1n) is 6.29. The summed E-state index contributed by atoms with van der Waals surface area (Å²) in [6.07, 6.45) is 4.43. The van der Waals surface area contributed by atoms with Crippen LogP contribution in [0.25, 0.3) is 0 Å². The SMILES string of the molecule is Cc1cc(N2CCC(OCCN)CC2)ccn1. The third-order valence-corrected chi connectivity index (χ3v) is 3.16. The molecule has 1 aliphatic heterocycles. The molecule has 0 bridgehead atoms. The van der Waals surface area contributed by atoms with Crippen LogP contribution in [0.4, 0.5) is 5.69 Å². The minimum absolute atomic E-state index is 0.387. The van der Waals surface area contributed by atoms with Gasteiger partial charge in [0.05, 0.1) is 12.7 Å². The molecule has 0 atom stereocenters. The minimum Gasteiger partial charge on any atom is -0.377 e. The number of hydrogen-bond acceptors (Lipinski definition) is 4. The van der Waals surface area contributed by atoms with Crippen LogP contribution in [0.5, 0.6) is 0 Å². The average molecular weight is 235 g/mol. The van der Waals surface area contributed by atoms with Crippen LogP contribution < -0.4 is 10.6 Å². The summed E-state index contributed by atoms with van der Waals surface area (Å²) >= 11 is 0. The van der Waals surface area contributed by atoms with Gasteiger partial charge in [-0.3, -0.25) is 4.98 Å². The molecule has 4 nitrogen and oxygen atoms in total. The van der Waals surface area contributed by atoms with E-state index in [4.69, 9.17) is 10.5 Å². The van der Waals surface area contributed by atoms with Crippen LogP contribution in [0.3, 0.4) is 0 Å². The molecule has 0 amide bonds. The second-order valence-corrected chi connectivity index (χ2v) is 4.50. The predicted octanol–water partition coefficient (Wildman–Crippen LogP) is 1.33. The van der Waals surface area contributed by atoms with Crippen molar-refractivity contribution in [3.05, 3.63) is 24.0 Å². The highest BCUT2D eigenvalue weighted by Gasteiger charge is 2.19. The van der Waals surface area contributed by atoms with Crippen molar-refractivity contribution in [3.8, 4) is 0 Å². The van der Waals surface area contributed by atoms with Gasteiger partial charge >= 0.3 is 0 Å². The predicted molar refractivity (Wildman–Crippen MR) is 69.2 cm³/mol. The number of ether oxygens (including phenoxy) is 1. The summed E-state index contributed by atoms with van der Waals surface area (Å²) < 4.78 is 5.68. The first-order chi connectivity index (χ1) is 8.29. The van der Waals surface area contributed by atoms with Gasteiger partial charge in [0.1, 0.15) is 0 Å². The Hall–Kier alpha value is -1.13. The molecule has 1 aromatic heterocycles. The van der Waals surface area contributed by atoms with E-state index in [1.165, 1.54) is 5.69 Å². The Kier molecular flexibility index (Phi) is 4.34. The van der Waals surface area contributed by atoms with Gasteiger partial charge < -0.3 is 15.4 Å². The highest BCUT2D eigenvalue weighted by molar-refractivity contribution is 5.46. The average Bonchev–Trinajstić information content (AvgIpc) is 2.37. The van der Waals surface area contributed by atoms with Crippen LogP contribution in [-0.2, 0) is 4.74 Å². The minimum atomic E-state index is 0.387. The van der Waals surface area contributed by atoms with E-state index in [1.54, 1.807) is 0 Å². The number of piperidine rings is 1. The Balaban J connectivity index is 1.86. The molecule has 2 rings (SSSR count). The molecule has 1 saturated heterocycles. The van der Waals surface area contributed by atoms with Gasteiger partial charge in [-0.25, -0.2) is 0 Å². The summed E-state index contributed by atoms with van der Waals surface area (Å²) in [6.45, 7) is 5.43. The van der Waals surface area contributed by atoms with Gasteiger partial charge in [-0.2, -0.15) is 0 Å². The smallest absolute Gasteiger partial charge is 0.0609 e. The molecule has 4 heteroatoms. The van der Waals surface area contributed by atoms with Gasteiger partial charge in [0.2, 0.25) is 0 Å². The standard InChI is InChI=1S/C13H21N3O/c1-11-10-12(2-6-15-11)16-7-3-13(4-8-16)17-9-5-14/h2,6,10,13H,3-5,7-9,14H2,1H3. The third-order valence-electron chi connectivity index (χ3n) is 3.16. The zero-order valence-electron chi connectivity index (χ0n) is 10.4. The number of pyridine rings is 1. The Morgan fingerprint density at radius 3 is 2.88 bits per heavy atom. The summed E-state index contributed by atoms with van der Waals surface area (Å²) in [7, 11) is 0. The quantitative estimate of drug-likeness (QED) is 0.855. The molecular formula is C13H21N3O. The number of rotatable bonds is 4. The van der Waals surface area contributed by atoms with Crippen LogP contribution >= 0.6 is 0 Å². The monoisotopic (exact) mass is 235 g/mol. The van der Waals surface area contributed by atoms with Crippen molar-refractivity contribution in [1.82, 2.24) is 4.98 Å². The van der Waals surface area contributed by atoms with E-state index in [1.807, 2.05) is 13.1 Å². The maximum Gasteiger partial charge on any atom is 0.0609 e. The van der Waals surface area contributed by atoms with Crippen molar-refractivity contribution in [2.24, 2.45) is 5.73 Å². The lowest BCUT2D eigenvalue weighted by molar-refractivity contribution is 0.0422. The Bertz CT molecular complexity index is 348. The van der Waals surface area contributed by atoms with Crippen LogP contribution in [0.2, 0.25) is 0 Å². The number of aryl methyl sites for hydroxylation is 1. The summed E-state index contributed by atoms with van der Waals surface area (Å²) in [5, 5.41) is 0. The van der Waals surface area contributed by atoms with E-state index in [0.29, 0.717) is 19.3 Å². The summed E-state index contributed by atoms with van der Waals surface area (Å²) in [4.78, 5) is 6.62. The normalized spacial score (nSPS) is 17.4. The molecule has 1 aliphatic rings. The summed E-state index contributed by atoms with van der Waals surface area (Å²) in [5.74, 6) is 0. The number of anilines is 1. The topological polar surface area (TPSA) is 51.4 Å². The van der Waals surface area contributed by atoms with Gasteiger partial charge in [0, 0.05) is 37.2 Å². The van der Waals surface area contributed by atoms with Gasteiger partial charge in [0.25, 0.3) is 0 Å². The Labute approximate surface area is 103 Å². The maximum atomic E-state index is 5.68. The van der Waals surface area contributed by atoms with Gasteiger partial charge in [-0.05, 0) is 31.9 Å². The molecule has 0 spiro atoms. The summed E-state index contributed by atoms with van der Waals surface area (Å²) in [6, 6.07) is 4.22. The van der Waals surface area contributed by atoms with E-state index in [9.17, 15) is 0 Å². The largest absolute Gasteiger partial charge is 0.377 e. The molecule has 0 aromatic carbocycles. The molecule has 2 N–H and O–H groups in total. The molecule has 94 valence electrons. The molecule has 0 radical (unpaired) electrons. The lowest BCUT2D eigenvalue weighted by atomic mass is 10.1. The fourth-order valence-electron chi connectivity index (χ4n) is 2.24. The number of aromatic nitrogens is 1. The van der Waals surface area contributed by atoms with Crippen molar-refractivity contribution in [3.63, 3.8) is 0 Å².